The van der Waals surface area contributed by atoms with Crippen LogP contribution in [-0.2, 0) is 22.8 Å². The van der Waals surface area contributed by atoms with Crippen LogP contribution >= 0.6 is 0 Å². The summed E-state index contributed by atoms with van der Waals surface area (Å²) in [5.41, 5.74) is 1.34. The van der Waals surface area contributed by atoms with Gasteiger partial charge in [-0.2, -0.15) is 23.5 Å². The molecule has 2 amide bonds. The number of alkyl halides is 3. The van der Waals surface area contributed by atoms with Crippen molar-refractivity contribution in [3.8, 4) is 17.3 Å². The molecular formula is C27H24F3N5O3. The van der Waals surface area contributed by atoms with Gasteiger partial charge in [0.05, 0.1) is 46.8 Å². The zero-order valence-corrected chi connectivity index (χ0v) is 21.1. The lowest BCUT2D eigenvalue weighted by molar-refractivity contribution is -0.139. The molecule has 1 aliphatic heterocycles. The molecule has 1 unspecified atom stereocenters. The first kappa shape index (κ1) is 26.5. The third kappa shape index (κ3) is 4.61. The lowest BCUT2D eigenvalue weighted by atomic mass is 9.88. The zero-order chi connectivity index (χ0) is 27.8. The number of hydrogen-bond donors (Lipinski definition) is 0. The van der Waals surface area contributed by atoms with Gasteiger partial charge in [-0.3, -0.25) is 9.58 Å². The van der Waals surface area contributed by atoms with E-state index in [0.717, 1.165) is 17.0 Å². The molecule has 0 N–H and O–H groups in total. The third-order valence-electron chi connectivity index (χ3n) is 6.38. The van der Waals surface area contributed by atoms with Gasteiger partial charge in [0.15, 0.2) is 0 Å². The van der Waals surface area contributed by atoms with Crippen molar-refractivity contribution >= 4 is 17.7 Å². The van der Waals surface area contributed by atoms with Crippen LogP contribution in [0, 0.1) is 11.3 Å². The quantitative estimate of drug-likeness (QED) is 0.416. The van der Waals surface area contributed by atoms with Crippen LogP contribution in [0.5, 0.6) is 0 Å². The van der Waals surface area contributed by atoms with E-state index >= 15 is 0 Å². The molecule has 1 aromatic heterocycles. The standard InChI is InChI=1S/C27H24F3N5O3/c1-5-38-25(36)23-16(2)35(19-8-6-7-18(14-19)27(28,29)30)26(37)33(3)24(23)20-10-9-17(15-31)13-21(20)22-11-12-32-34(22)4/h6-14,24H,5H2,1-4H3. The Morgan fingerprint density at radius 1 is 1.16 bits per heavy atom. The highest BCUT2D eigenvalue weighted by atomic mass is 19.4. The predicted molar refractivity (Wildman–Crippen MR) is 133 cm³/mol. The minimum atomic E-state index is -4.62. The van der Waals surface area contributed by atoms with Gasteiger partial charge in [-0.25, -0.2) is 9.59 Å². The molecule has 0 saturated carbocycles. The van der Waals surface area contributed by atoms with Gasteiger partial charge in [0, 0.05) is 31.6 Å². The SMILES string of the molecule is CCOC(=O)C1=C(C)N(c2cccc(C(F)(F)F)c2)C(=O)N(C)C1c1ccc(C#N)cc1-c1ccnn1C. The fourth-order valence-corrected chi connectivity index (χ4v) is 4.61. The van der Waals surface area contributed by atoms with E-state index in [4.69, 9.17) is 4.74 Å². The van der Waals surface area contributed by atoms with Crippen LogP contribution in [0.15, 0.2) is 66.0 Å². The molecule has 196 valence electrons. The summed E-state index contributed by atoms with van der Waals surface area (Å²) in [4.78, 5) is 29.4. The zero-order valence-electron chi connectivity index (χ0n) is 21.1. The molecule has 2 heterocycles. The largest absolute Gasteiger partial charge is 0.463 e. The van der Waals surface area contributed by atoms with Gasteiger partial charge >= 0.3 is 18.2 Å². The number of rotatable bonds is 5. The Labute approximate surface area is 217 Å². The highest BCUT2D eigenvalue weighted by Crippen LogP contribution is 2.43. The number of carbonyl (C=O) groups is 2. The van der Waals surface area contributed by atoms with Gasteiger partial charge in [0.1, 0.15) is 0 Å². The first-order valence-corrected chi connectivity index (χ1v) is 11.6. The number of anilines is 1. The van der Waals surface area contributed by atoms with E-state index in [1.54, 1.807) is 49.1 Å². The summed E-state index contributed by atoms with van der Waals surface area (Å²) >= 11 is 0. The summed E-state index contributed by atoms with van der Waals surface area (Å²) in [6.45, 7) is 3.18. The number of aryl methyl sites for hydroxylation is 1. The second-order valence-corrected chi connectivity index (χ2v) is 8.65. The molecule has 2 aromatic carbocycles. The van der Waals surface area contributed by atoms with E-state index in [9.17, 15) is 28.0 Å². The second kappa shape index (κ2) is 10.0. The van der Waals surface area contributed by atoms with Gasteiger partial charge < -0.3 is 9.64 Å². The Bertz CT molecular complexity index is 1490. The number of ether oxygens (including phenoxy) is 1. The number of amides is 2. The van der Waals surface area contributed by atoms with Crippen molar-refractivity contribution in [3.05, 3.63) is 82.7 Å². The van der Waals surface area contributed by atoms with E-state index < -0.39 is 29.8 Å². The minimum absolute atomic E-state index is 0.0406. The lowest BCUT2D eigenvalue weighted by Crippen LogP contribution is -2.49. The van der Waals surface area contributed by atoms with Gasteiger partial charge in [-0.05, 0) is 55.8 Å². The molecule has 0 saturated heterocycles. The highest BCUT2D eigenvalue weighted by molar-refractivity contribution is 6.03. The van der Waals surface area contributed by atoms with Crippen molar-refractivity contribution < 1.29 is 27.5 Å². The maximum absolute atomic E-state index is 13.7. The van der Waals surface area contributed by atoms with Crippen LogP contribution in [-0.4, -0.2) is 40.3 Å². The Kier molecular flexibility index (Phi) is 7.00. The van der Waals surface area contributed by atoms with Crippen molar-refractivity contribution in [2.24, 2.45) is 7.05 Å². The fourth-order valence-electron chi connectivity index (χ4n) is 4.61. The summed E-state index contributed by atoms with van der Waals surface area (Å²) in [7, 11) is 3.18. The molecule has 1 aliphatic rings. The molecule has 3 aromatic rings. The molecule has 0 radical (unpaired) electrons. The number of likely N-dealkylation sites (N-methyl/N-ethyl adjacent to an activating group) is 1. The number of carbonyl (C=O) groups excluding carboxylic acids is 2. The number of aromatic nitrogens is 2. The van der Waals surface area contributed by atoms with E-state index in [1.807, 2.05) is 0 Å². The molecule has 0 aliphatic carbocycles. The number of halogens is 3. The van der Waals surface area contributed by atoms with Crippen molar-refractivity contribution in [2.45, 2.75) is 26.1 Å². The monoisotopic (exact) mass is 523 g/mol. The van der Waals surface area contributed by atoms with Crippen LogP contribution in [0.25, 0.3) is 11.3 Å². The average molecular weight is 524 g/mol. The fraction of sp³-hybridized carbons (Fsp3) is 0.259. The van der Waals surface area contributed by atoms with Crippen LogP contribution in [0.3, 0.4) is 0 Å². The number of benzene rings is 2. The van der Waals surface area contributed by atoms with E-state index in [1.165, 1.54) is 31.0 Å². The molecule has 0 fully saturated rings. The normalized spacial score (nSPS) is 16.1. The van der Waals surface area contributed by atoms with Crippen LogP contribution in [0.4, 0.5) is 23.7 Å². The summed E-state index contributed by atoms with van der Waals surface area (Å²) in [5.74, 6) is -0.716. The van der Waals surface area contributed by atoms with Crippen LogP contribution < -0.4 is 4.90 Å². The van der Waals surface area contributed by atoms with Gasteiger partial charge in [0.2, 0.25) is 0 Å². The van der Waals surface area contributed by atoms with E-state index in [-0.39, 0.29) is 23.6 Å². The Morgan fingerprint density at radius 2 is 1.89 bits per heavy atom. The number of esters is 1. The molecule has 8 nitrogen and oxygen atoms in total. The molecular weight excluding hydrogens is 499 g/mol. The first-order valence-electron chi connectivity index (χ1n) is 11.6. The van der Waals surface area contributed by atoms with Crippen molar-refractivity contribution in [1.82, 2.24) is 14.7 Å². The van der Waals surface area contributed by atoms with Crippen LogP contribution in [0.1, 0.15) is 36.6 Å². The van der Waals surface area contributed by atoms with E-state index in [0.29, 0.717) is 22.4 Å². The number of nitrogens with zero attached hydrogens (tertiary/aromatic N) is 5. The maximum Gasteiger partial charge on any atom is 0.416 e. The number of hydrogen-bond acceptors (Lipinski definition) is 5. The first-order chi connectivity index (χ1) is 18.0. The Morgan fingerprint density at radius 3 is 2.50 bits per heavy atom. The summed E-state index contributed by atoms with van der Waals surface area (Å²) < 4.78 is 47.2. The van der Waals surface area contributed by atoms with Crippen molar-refractivity contribution in [1.29, 1.82) is 5.26 Å². The molecule has 38 heavy (non-hydrogen) atoms. The summed E-state index contributed by atoms with van der Waals surface area (Å²) in [6, 6.07) is 11.5. The highest BCUT2D eigenvalue weighted by Gasteiger charge is 2.43. The average Bonchev–Trinajstić information content (AvgIpc) is 3.31. The van der Waals surface area contributed by atoms with Gasteiger partial charge in [0.25, 0.3) is 0 Å². The van der Waals surface area contributed by atoms with Gasteiger partial charge in [-0.1, -0.05) is 12.1 Å². The molecule has 0 bridgehead atoms. The molecule has 0 spiro atoms. The Hall–Kier alpha value is -4.59. The topological polar surface area (TPSA) is 91.5 Å². The molecule has 11 heteroatoms. The van der Waals surface area contributed by atoms with E-state index in [2.05, 4.69) is 11.2 Å². The second-order valence-electron chi connectivity index (χ2n) is 8.65. The number of allylic oxidation sites excluding steroid dienone is 1. The van der Waals surface area contributed by atoms with Gasteiger partial charge in [-0.15, -0.1) is 0 Å². The maximum atomic E-state index is 13.7. The van der Waals surface area contributed by atoms with Crippen molar-refractivity contribution in [2.75, 3.05) is 18.6 Å². The molecule has 1 atom stereocenters. The van der Waals surface area contributed by atoms with Crippen LogP contribution in [0.2, 0.25) is 0 Å². The summed E-state index contributed by atoms with van der Waals surface area (Å²) in [6.07, 6.45) is -3.04. The smallest absolute Gasteiger partial charge is 0.416 e. The third-order valence-corrected chi connectivity index (χ3v) is 6.38. The Balaban J connectivity index is 1.98. The lowest BCUT2D eigenvalue weighted by Gasteiger charge is -2.41. The molecule has 4 rings (SSSR count). The number of nitriles is 1. The minimum Gasteiger partial charge on any atom is -0.463 e. The van der Waals surface area contributed by atoms with Crippen molar-refractivity contribution in [3.63, 3.8) is 0 Å². The predicted octanol–water partition coefficient (Wildman–Crippen LogP) is 5.43. The summed E-state index contributed by atoms with van der Waals surface area (Å²) in [5, 5.41) is 13.7. The number of urea groups is 1.